The maximum Gasteiger partial charge on any atom is 0.243 e. The number of aldehydes is 1. The quantitative estimate of drug-likeness (QED) is 0.672. The van der Waals surface area contributed by atoms with E-state index >= 15 is 0 Å². The van der Waals surface area contributed by atoms with E-state index in [9.17, 15) is 9.59 Å². The van der Waals surface area contributed by atoms with Crippen molar-refractivity contribution < 1.29 is 9.59 Å². The van der Waals surface area contributed by atoms with E-state index in [4.69, 9.17) is 0 Å². The maximum absolute atomic E-state index is 11.4. The normalized spacial score (nSPS) is 10.8. The number of carbonyl (C=O) groups excluding carboxylic acids is 2. The Kier molecular flexibility index (Phi) is 4.08. The lowest BCUT2D eigenvalue weighted by Crippen LogP contribution is -2.19. The Morgan fingerprint density at radius 1 is 1.11 bits per heavy atom. The van der Waals surface area contributed by atoms with Gasteiger partial charge in [0.15, 0.2) is 6.29 Å². The van der Waals surface area contributed by atoms with Crippen LogP contribution in [0.1, 0.15) is 22.8 Å². The van der Waals surface area contributed by atoms with Gasteiger partial charge in [-0.3, -0.25) is 9.59 Å². The predicted octanol–water partition coefficient (Wildman–Crippen LogP) is 2.80. The minimum absolute atomic E-state index is 0.119. The first kappa shape index (κ1) is 13.0. The molecule has 2 aromatic carbocycles. The highest BCUT2D eigenvalue weighted by molar-refractivity contribution is 6.03. The molecule has 1 amide bonds. The van der Waals surface area contributed by atoms with Crippen molar-refractivity contribution in [2.45, 2.75) is 6.92 Å². The summed E-state index contributed by atoms with van der Waals surface area (Å²) in [7, 11) is 0. The van der Waals surface area contributed by atoms with Crippen molar-refractivity contribution in [3.8, 4) is 0 Å². The number of nitrogens with one attached hydrogen (secondary N) is 1. The van der Waals surface area contributed by atoms with E-state index in [1.165, 1.54) is 6.08 Å². The molecule has 0 spiro atoms. The minimum Gasteiger partial charge on any atom is -0.353 e. The summed E-state index contributed by atoms with van der Waals surface area (Å²) in [5.74, 6) is -0.119. The van der Waals surface area contributed by atoms with E-state index < -0.39 is 0 Å². The van der Waals surface area contributed by atoms with Gasteiger partial charge in [-0.15, -0.1) is 0 Å². The van der Waals surface area contributed by atoms with Crippen molar-refractivity contribution in [2.24, 2.45) is 0 Å². The fraction of sp³-hybridized carbons (Fsp3) is 0.125. The van der Waals surface area contributed by atoms with E-state index in [1.807, 2.05) is 37.3 Å². The Morgan fingerprint density at radius 3 is 2.37 bits per heavy atom. The molecule has 0 unspecified atom stereocenters. The van der Waals surface area contributed by atoms with Gasteiger partial charge in [0.2, 0.25) is 5.91 Å². The molecule has 3 heteroatoms. The van der Waals surface area contributed by atoms with Crippen LogP contribution in [-0.4, -0.2) is 18.7 Å². The van der Waals surface area contributed by atoms with Gasteiger partial charge in [-0.25, -0.2) is 0 Å². The first-order valence-corrected chi connectivity index (χ1v) is 6.19. The second-order valence-electron chi connectivity index (χ2n) is 4.14. The predicted molar refractivity (Wildman–Crippen MR) is 77.1 cm³/mol. The van der Waals surface area contributed by atoms with Crippen LogP contribution in [0.5, 0.6) is 0 Å². The van der Waals surface area contributed by atoms with E-state index in [0.717, 1.165) is 22.6 Å². The monoisotopic (exact) mass is 253 g/mol. The van der Waals surface area contributed by atoms with Crippen molar-refractivity contribution in [1.82, 2.24) is 5.32 Å². The van der Waals surface area contributed by atoms with Crippen LogP contribution in [0.25, 0.3) is 16.8 Å². The number of amides is 1. The van der Waals surface area contributed by atoms with Gasteiger partial charge in [-0.1, -0.05) is 36.4 Å². The topological polar surface area (TPSA) is 46.2 Å². The molecule has 3 nitrogen and oxygen atoms in total. The van der Waals surface area contributed by atoms with Crippen LogP contribution in [-0.2, 0) is 4.79 Å². The zero-order valence-electron chi connectivity index (χ0n) is 10.7. The van der Waals surface area contributed by atoms with Crippen LogP contribution in [0.4, 0.5) is 0 Å². The molecule has 0 aliphatic rings. The molecule has 0 aromatic heterocycles. The second kappa shape index (κ2) is 5.96. The molecule has 96 valence electrons. The summed E-state index contributed by atoms with van der Waals surface area (Å²) in [6, 6.07) is 11.3. The molecular formula is C16H15NO2. The first-order chi connectivity index (χ1) is 9.26. The Morgan fingerprint density at radius 2 is 1.74 bits per heavy atom. The summed E-state index contributed by atoms with van der Waals surface area (Å²) in [6.07, 6.45) is 4.12. The van der Waals surface area contributed by atoms with Gasteiger partial charge in [0.05, 0.1) is 0 Å². The standard InChI is InChI=1S/C16H15NO2/c1-2-17-16(19)10-9-12-7-8-13(11-18)15-6-4-3-5-14(12)15/h3-11H,2H2,1H3,(H,17,19)/b10-9+. The van der Waals surface area contributed by atoms with Crippen LogP contribution in [0, 0.1) is 0 Å². The highest BCUT2D eigenvalue weighted by atomic mass is 16.1. The average Bonchev–Trinajstić information content (AvgIpc) is 2.45. The van der Waals surface area contributed by atoms with Gasteiger partial charge < -0.3 is 5.32 Å². The van der Waals surface area contributed by atoms with Crippen molar-refractivity contribution in [3.63, 3.8) is 0 Å². The summed E-state index contributed by atoms with van der Waals surface area (Å²) in [6.45, 7) is 2.48. The van der Waals surface area contributed by atoms with Gasteiger partial charge in [0, 0.05) is 18.2 Å². The van der Waals surface area contributed by atoms with Crippen molar-refractivity contribution in [1.29, 1.82) is 0 Å². The second-order valence-corrected chi connectivity index (χ2v) is 4.14. The molecule has 0 bridgehead atoms. The highest BCUT2D eigenvalue weighted by Crippen LogP contribution is 2.22. The molecule has 19 heavy (non-hydrogen) atoms. The lowest BCUT2D eigenvalue weighted by atomic mass is 10.00. The van der Waals surface area contributed by atoms with Crippen LogP contribution in [0.3, 0.4) is 0 Å². The number of hydrogen-bond donors (Lipinski definition) is 1. The Hall–Kier alpha value is -2.42. The molecule has 0 fully saturated rings. The molecule has 0 radical (unpaired) electrons. The van der Waals surface area contributed by atoms with Crippen molar-refractivity contribution in [2.75, 3.05) is 6.54 Å². The molecule has 0 aliphatic heterocycles. The van der Waals surface area contributed by atoms with Crippen molar-refractivity contribution in [3.05, 3.63) is 53.6 Å². The molecule has 0 atom stereocenters. The van der Waals surface area contributed by atoms with Gasteiger partial charge in [0.1, 0.15) is 0 Å². The van der Waals surface area contributed by atoms with E-state index in [1.54, 1.807) is 12.1 Å². The number of fused-ring (bicyclic) bond motifs is 1. The number of benzene rings is 2. The molecule has 1 N–H and O–H groups in total. The fourth-order valence-electron chi connectivity index (χ4n) is 1.99. The van der Waals surface area contributed by atoms with Gasteiger partial charge in [0.25, 0.3) is 0 Å². The number of likely N-dealkylation sites (N-methyl/N-ethyl adjacent to an activating group) is 1. The molecule has 2 rings (SSSR count). The fourth-order valence-corrected chi connectivity index (χ4v) is 1.99. The zero-order chi connectivity index (χ0) is 13.7. The van der Waals surface area contributed by atoms with Crippen LogP contribution in [0.15, 0.2) is 42.5 Å². The zero-order valence-corrected chi connectivity index (χ0v) is 10.7. The highest BCUT2D eigenvalue weighted by Gasteiger charge is 2.03. The summed E-state index contributed by atoms with van der Waals surface area (Å²) < 4.78 is 0. The largest absolute Gasteiger partial charge is 0.353 e. The number of carbonyl (C=O) groups is 2. The van der Waals surface area contributed by atoms with E-state index in [2.05, 4.69) is 5.32 Å². The van der Waals surface area contributed by atoms with Crippen LogP contribution in [0.2, 0.25) is 0 Å². The first-order valence-electron chi connectivity index (χ1n) is 6.19. The molecule has 2 aromatic rings. The number of hydrogen-bond acceptors (Lipinski definition) is 2. The lowest BCUT2D eigenvalue weighted by Gasteiger charge is -2.04. The smallest absolute Gasteiger partial charge is 0.243 e. The molecule has 0 saturated heterocycles. The minimum atomic E-state index is -0.119. The lowest BCUT2D eigenvalue weighted by molar-refractivity contribution is -0.116. The third-order valence-electron chi connectivity index (χ3n) is 2.88. The Balaban J connectivity index is 2.45. The summed E-state index contributed by atoms with van der Waals surface area (Å²) in [4.78, 5) is 22.4. The van der Waals surface area contributed by atoms with Gasteiger partial charge >= 0.3 is 0 Å². The van der Waals surface area contributed by atoms with E-state index in [0.29, 0.717) is 12.1 Å². The maximum atomic E-state index is 11.4. The van der Waals surface area contributed by atoms with E-state index in [-0.39, 0.29) is 5.91 Å². The molecule has 0 aliphatic carbocycles. The SMILES string of the molecule is CCNC(=O)/C=C/c1ccc(C=O)c2ccccc12. The third kappa shape index (κ3) is 2.88. The Labute approximate surface area is 111 Å². The Bertz CT molecular complexity index is 644. The van der Waals surface area contributed by atoms with Crippen LogP contribution >= 0.6 is 0 Å². The summed E-state index contributed by atoms with van der Waals surface area (Å²) in [5, 5.41) is 4.57. The summed E-state index contributed by atoms with van der Waals surface area (Å²) in [5.41, 5.74) is 1.58. The van der Waals surface area contributed by atoms with Gasteiger partial charge in [-0.2, -0.15) is 0 Å². The molecule has 0 heterocycles. The van der Waals surface area contributed by atoms with Gasteiger partial charge in [-0.05, 0) is 29.3 Å². The summed E-state index contributed by atoms with van der Waals surface area (Å²) >= 11 is 0. The van der Waals surface area contributed by atoms with Crippen molar-refractivity contribution >= 4 is 29.0 Å². The molecule has 0 saturated carbocycles. The average molecular weight is 253 g/mol. The third-order valence-corrected chi connectivity index (χ3v) is 2.88. The number of rotatable bonds is 4. The molecular weight excluding hydrogens is 238 g/mol. The van der Waals surface area contributed by atoms with Crippen LogP contribution < -0.4 is 5.32 Å².